The second-order valence-corrected chi connectivity index (χ2v) is 12.9. The molecule has 0 saturated heterocycles. The highest BCUT2D eigenvalue weighted by atomic mass is 35.5. The summed E-state index contributed by atoms with van der Waals surface area (Å²) in [6.07, 6.45) is 14.7. The minimum Gasteiger partial charge on any atom is -0.481 e. The van der Waals surface area contributed by atoms with Gasteiger partial charge in [0.15, 0.2) is 0 Å². The van der Waals surface area contributed by atoms with E-state index in [1.807, 2.05) is 12.2 Å². The minimum absolute atomic E-state index is 0.00584. The van der Waals surface area contributed by atoms with Crippen molar-refractivity contribution in [2.45, 2.75) is 91.6 Å². The van der Waals surface area contributed by atoms with Crippen LogP contribution in [0.5, 0.6) is 0 Å². The highest BCUT2D eigenvalue weighted by Gasteiger charge is 2.34. The van der Waals surface area contributed by atoms with E-state index in [1.165, 1.54) is 23.3 Å². The molecule has 0 aliphatic rings. The molecular weight excluding hydrogens is 595 g/mol. The van der Waals surface area contributed by atoms with Gasteiger partial charge in [-0.3, -0.25) is 24.0 Å². The van der Waals surface area contributed by atoms with Crippen LogP contribution in [0.25, 0.3) is 0 Å². The van der Waals surface area contributed by atoms with Crippen LogP contribution in [0, 0.1) is 10.1 Å². The number of carbonyl (C=O) groups is 1. The number of carboxylic acids is 1. The molecule has 1 unspecified atom stereocenters. The fourth-order valence-corrected chi connectivity index (χ4v) is 6.04. The highest BCUT2D eigenvalue weighted by Crippen LogP contribution is 2.53. The van der Waals surface area contributed by atoms with Crippen LogP contribution in [-0.4, -0.2) is 46.2 Å². The molecule has 0 bridgehead atoms. The van der Waals surface area contributed by atoms with Crippen LogP contribution in [0.1, 0.15) is 90.7 Å². The summed E-state index contributed by atoms with van der Waals surface area (Å²) >= 11 is 5.87. The predicted molar refractivity (Wildman–Crippen MR) is 171 cm³/mol. The third-order valence-electron chi connectivity index (χ3n) is 6.47. The Kier molecular flexibility index (Phi) is 19.8. The SMILES string of the molecule is C=CCC(=CCOP(=O)(OCc1ccc([N+](=O)[O-])o1)N(CCCCCl)CCCCC(=O)O)CCC=C(C)CCC=C(C)C. The van der Waals surface area contributed by atoms with Gasteiger partial charge in [-0.25, -0.2) is 9.24 Å². The maximum atomic E-state index is 14.2. The molecule has 0 amide bonds. The molecule has 0 aliphatic carbocycles. The van der Waals surface area contributed by atoms with Gasteiger partial charge < -0.3 is 9.52 Å². The zero-order chi connectivity index (χ0) is 32.1. The van der Waals surface area contributed by atoms with Crippen LogP contribution in [0.15, 0.2) is 64.2 Å². The Morgan fingerprint density at radius 1 is 1.07 bits per heavy atom. The second-order valence-electron chi connectivity index (χ2n) is 10.5. The van der Waals surface area contributed by atoms with E-state index in [0.29, 0.717) is 44.5 Å². The molecule has 43 heavy (non-hydrogen) atoms. The molecule has 0 spiro atoms. The van der Waals surface area contributed by atoms with Crippen molar-refractivity contribution in [2.24, 2.45) is 0 Å². The lowest BCUT2D eigenvalue weighted by atomic mass is 10.0. The topological polar surface area (TPSA) is 132 Å². The number of carboxylic acid groups (broad SMARTS) is 1. The first-order chi connectivity index (χ1) is 20.5. The summed E-state index contributed by atoms with van der Waals surface area (Å²) in [6.45, 7) is 10.5. The zero-order valence-electron chi connectivity index (χ0n) is 25.8. The quantitative estimate of drug-likeness (QED) is 0.0276. The molecule has 1 N–H and O–H groups in total. The Balaban J connectivity index is 3.06. The van der Waals surface area contributed by atoms with Crippen molar-refractivity contribution in [3.05, 3.63) is 75.6 Å². The van der Waals surface area contributed by atoms with Gasteiger partial charge in [-0.15, -0.1) is 18.2 Å². The van der Waals surface area contributed by atoms with Crippen LogP contribution in [0.2, 0.25) is 0 Å². The number of hydrogen-bond donors (Lipinski definition) is 1. The van der Waals surface area contributed by atoms with E-state index in [2.05, 4.69) is 39.5 Å². The first kappa shape index (κ1) is 38.5. The van der Waals surface area contributed by atoms with Crippen molar-refractivity contribution < 1.29 is 32.9 Å². The smallest absolute Gasteiger partial charge is 0.433 e. The maximum absolute atomic E-state index is 14.2. The molecule has 0 radical (unpaired) electrons. The maximum Gasteiger partial charge on any atom is 0.433 e. The predicted octanol–water partition coefficient (Wildman–Crippen LogP) is 9.38. The Bertz CT molecular complexity index is 1140. The Hall–Kier alpha value is -2.49. The number of nitro groups is 1. The summed E-state index contributed by atoms with van der Waals surface area (Å²) in [4.78, 5) is 21.3. The number of halogens is 1. The lowest BCUT2D eigenvalue weighted by molar-refractivity contribution is -0.402. The van der Waals surface area contributed by atoms with Gasteiger partial charge >= 0.3 is 19.6 Å². The molecular formula is C31H48ClN2O8P. The van der Waals surface area contributed by atoms with Crippen LogP contribution in [0.3, 0.4) is 0 Å². The van der Waals surface area contributed by atoms with E-state index in [0.717, 1.165) is 31.3 Å². The number of allylic oxidation sites excluding steroid dienone is 6. The van der Waals surface area contributed by atoms with E-state index in [9.17, 15) is 19.5 Å². The number of furan rings is 1. The fourth-order valence-electron chi connectivity index (χ4n) is 4.12. The van der Waals surface area contributed by atoms with Crippen LogP contribution in [-0.2, 0) is 25.0 Å². The lowest BCUT2D eigenvalue weighted by Gasteiger charge is -2.30. The van der Waals surface area contributed by atoms with Gasteiger partial charge in [-0.1, -0.05) is 41.0 Å². The Morgan fingerprint density at radius 2 is 1.77 bits per heavy atom. The van der Waals surface area contributed by atoms with Gasteiger partial charge in [0.2, 0.25) is 0 Å². The van der Waals surface area contributed by atoms with Gasteiger partial charge in [0.1, 0.15) is 17.3 Å². The molecule has 1 atom stereocenters. The van der Waals surface area contributed by atoms with Crippen LogP contribution >= 0.6 is 19.3 Å². The van der Waals surface area contributed by atoms with Crippen LogP contribution < -0.4 is 0 Å². The van der Waals surface area contributed by atoms with Crippen molar-refractivity contribution in [3.63, 3.8) is 0 Å². The second kappa shape index (κ2) is 22.1. The molecule has 0 saturated carbocycles. The van der Waals surface area contributed by atoms with Gasteiger partial charge in [-0.05, 0) is 84.6 Å². The Morgan fingerprint density at radius 3 is 2.37 bits per heavy atom. The van der Waals surface area contributed by atoms with Gasteiger partial charge in [0.25, 0.3) is 0 Å². The molecule has 1 heterocycles. The zero-order valence-corrected chi connectivity index (χ0v) is 27.5. The number of aliphatic carboxylic acids is 1. The third kappa shape index (κ3) is 17.4. The standard InChI is InChI=1S/C31H48ClN2O8P/c1-5-12-28(16-11-15-27(4)14-10-13-26(2)3)20-24-40-43(39,41-25-29-18-19-30(42-29)34(37)38)33(23-9-7-21-32)22-8-6-17-31(35)36/h5,13,15,18-20H,1,6-12,14,16-17,21-25H2,2-4H3,(H,35,36). The highest BCUT2D eigenvalue weighted by molar-refractivity contribution is 7.51. The van der Waals surface area contributed by atoms with Gasteiger partial charge in [0, 0.05) is 25.4 Å². The molecule has 0 fully saturated rings. The third-order valence-corrected chi connectivity index (χ3v) is 8.76. The largest absolute Gasteiger partial charge is 0.481 e. The first-order valence-corrected chi connectivity index (χ1v) is 16.8. The average Bonchev–Trinajstić information content (AvgIpc) is 3.43. The number of alkyl halides is 1. The minimum atomic E-state index is -3.93. The number of unbranched alkanes of at least 4 members (excludes halogenated alkanes) is 2. The van der Waals surface area contributed by atoms with E-state index in [1.54, 1.807) is 4.67 Å². The average molecular weight is 643 g/mol. The van der Waals surface area contributed by atoms with Crippen molar-refractivity contribution in [1.29, 1.82) is 0 Å². The number of hydrogen-bond acceptors (Lipinski definition) is 7. The molecule has 10 nitrogen and oxygen atoms in total. The van der Waals surface area contributed by atoms with E-state index in [4.69, 9.17) is 30.2 Å². The fraction of sp³-hybridized carbons (Fsp3) is 0.581. The molecule has 0 aliphatic heterocycles. The number of nitrogens with zero attached hydrogens (tertiary/aromatic N) is 2. The summed E-state index contributed by atoms with van der Waals surface area (Å²) in [6, 6.07) is 2.60. The van der Waals surface area contributed by atoms with E-state index < -0.39 is 24.5 Å². The van der Waals surface area contributed by atoms with E-state index >= 15 is 0 Å². The van der Waals surface area contributed by atoms with Crippen molar-refractivity contribution >= 4 is 31.2 Å². The summed E-state index contributed by atoms with van der Waals surface area (Å²) < 4.78 is 32.8. The molecule has 242 valence electrons. The number of rotatable bonds is 25. The van der Waals surface area contributed by atoms with Crippen molar-refractivity contribution in [2.75, 3.05) is 25.6 Å². The van der Waals surface area contributed by atoms with Crippen molar-refractivity contribution in [3.8, 4) is 0 Å². The Labute approximate surface area is 261 Å². The normalized spacial score (nSPS) is 13.6. The molecule has 0 aromatic carbocycles. The molecule has 1 aromatic heterocycles. The van der Waals surface area contributed by atoms with Gasteiger partial charge in [0.05, 0.1) is 12.7 Å². The van der Waals surface area contributed by atoms with E-state index in [-0.39, 0.29) is 31.9 Å². The lowest BCUT2D eigenvalue weighted by Crippen LogP contribution is -2.26. The van der Waals surface area contributed by atoms with Crippen molar-refractivity contribution in [1.82, 2.24) is 4.67 Å². The van der Waals surface area contributed by atoms with Crippen LogP contribution in [0.4, 0.5) is 5.88 Å². The monoisotopic (exact) mass is 642 g/mol. The summed E-state index contributed by atoms with van der Waals surface area (Å²) in [7, 11) is -3.93. The molecule has 12 heteroatoms. The van der Waals surface area contributed by atoms with Gasteiger partial charge in [-0.2, -0.15) is 0 Å². The summed E-state index contributed by atoms with van der Waals surface area (Å²) in [5.41, 5.74) is 3.73. The molecule has 1 aromatic rings. The summed E-state index contributed by atoms with van der Waals surface area (Å²) in [5.74, 6) is -0.774. The molecule has 1 rings (SSSR count). The summed E-state index contributed by atoms with van der Waals surface area (Å²) in [5, 5.41) is 20.0. The first-order valence-electron chi connectivity index (χ1n) is 14.7.